The Hall–Kier alpha value is -3.52. The maximum Gasteiger partial charge on any atom is 0.277 e. The molecule has 0 aliphatic carbocycles. The third kappa shape index (κ3) is 3.89. The molecule has 1 fully saturated rings. The van der Waals surface area contributed by atoms with Crippen LogP contribution in [0.5, 0.6) is 0 Å². The summed E-state index contributed by atoms with van der Waals surface area (Å²) in [6.07, 6.45) is 1.56. The van der Waals surface area contributed by atoms with Gasteiger partial charge in [-0.05, 0) is 60.7 Å². The number of hydrogen-bond donors (Lipinski definition) is 1. The number of nitrogens with one attached hydrogen (secondary N) is 1. The van der Waals surface area contributed by atoms with E-state index in [1.165, 1.54) is 28.0 Å². The molecule has 1 amide bonds. The first-order chi connectivity index (χ1) is 15.6. The van der Waals surface area contributed by atoms with Crippen LogP contribution in [0.25, 0.3) is 15.9 Å². The highest BCUT2D eigenvalue weighted by atomic mass is 32.1. The Bertz CT molecular complexity index is 1320. The van der Waals surface area contributed by atoms with E-state index in [2.05, 4.69) is 5.32 Å². The summed E-state index contributed by atoms with van der Waals surface area (Å²) < 4.78 is 15.6. The molecule has 8 heteroatoms. The van der Waals surface area contributed by atoms with Gasteiger partial charge in [0, 0.05) is 18.8 Å². The topological polar surface area (TPSA) is 67.2 Å². The van der Waals surface area contributed by atoms with Gasteiger partial charge >= 0.3 is 0 Å². The SMILES string of the molecule is O=C(Nc1ccccc1)C1CCCN(c2nc3ccsc3c(=O)n2-c2ccc(F)cc2)C1. The first-order valence-corrected chi connectivity index (χ1v) is 11.4. The van der Waals surface area contributed by atoms with Crippen LogP contribution >= 0.6 is 11.3 Å². The molecular formula is C24H21FN4O2S. The molecule has 1 unspecified atom stereocenters. The Balaban J connectivity index is 1.50. The molecule has 0 saturated carbocycles. The molecule has 3 heterocycles. The van der Waals surface area contributed by atoms with Crippen molar-refractivity contribution in [1.29, 1.82) is 0 Å². The van der Waals surface area contributed by atoms with Crippen molar-refractivity contribution in [3.63, 3.8) is 0 Å². The number of fused-ring (bicyclic) bond motifs is 1. The summed E-state index contributed by atoms with van der Waals surface area (Å²) in [6.45, 7) is 1.13. The van der Waals surface area contributed by atoms with Crippen molar-refractivity contribution >= 4 is 39.1 Å². The van der Waals surface area contributed by atoms with E-state index in [4.69, 9.17) is 4.98 Å². The highest BCUT2D eigenvalue weighted by Gasteiger charge is 2.29. The quantitative estimate of drug-likeness (QED) is 0.501. The summed E-state index contributed by atoms with van der Waals surface area (Å²) in [4.78, 5) is 33.0. The number of amides is 1. The maximum absolute atomic E-state index is 13.5. The number of carbonyl (C=O) groups is 1. The van der Waals surface area contributed by atoms with E-state index >= 15 is 0 Å². The van der Waals surface area contributed by atoms with Crippen molar-refractivity contribution in [3.05, 3.63) is 82.2 Å². The molecule has 2 aromatic heterocycles. The number of carbonyl (C=O) groups excluding carboxylic acids is 1. The van der Waals surface area contributed by atoms with Crippen LogP contribution in [0.4, 0.5) is 16.0 Å². The van der Waals surface area contributed by atoms with Gasteiger partial charge in [0.25, 0.3) is 5.56 Å². The number of piperidine rings is 1. The number of thiophene rings is 1. The third-order valence-electron chi connectivity index (χ3n) is 5.66. The van der Waals surface area contributed by atoms with Crippen molar-refractivity contribution < 1.29 is 9.18 Å². The maximum atomic E-state index is 13.5. The van der Waals surface area contributed by atoms with Gasteiger partial charge < -0.3 is 10.2 Å². The number of nitrogens with zero attached hydrogens (tertiary/aromatic N) is 3. The summed E-state index contributed by atoms with van der Waals surface area (Å²) in [7, 11) is 0. The van der Waals surface area contributed by atoms with Gasteiger partial charge in [-0.3, -0.25) is 9.59 Å². The van der Waals surface area contributed by atoms with Crippen molar-refractivity contribution in [2.45, 2.75) is 12.8 Å². The van der Waals surface area contributed by atoms with Crippen LogP contribution in [0, 0.1) is 11.7 Å². The monoisotopic (exact) mass is 448 g/mol. The molecule has 1 atom stereocenters. The van der Waals surface area contributed by atoms with Crippen LogP contribution in [0.3, 0.4) is 0 Å². The minimum Gasteiger partial charge on any atom is -0.341 e. The van der Waals surface area contributed by atoms with Crippen LogP contribution < -0.4 is 15.8 Å². The van der Waals surface area contributed by atoms with Crippen molar-refractivity contribution in [3.8, 4) is 5.69 Å². The van der Waals surface area contributed by atoms with E-state index < -0.39 is 0 Å². The average Bonchev–Trinajstić information content (AvgIpc) is 3.30. The Kier molecular flexibility index (Phi) is 5.45. The van der Waals surface area contributed by atoms with E-state index in [0.29, 0.717) is 34.9 Å². The molecule has 0 spiro atoms. The van der Waals surface area contributed by atoms with Gasteiger partial charge in [0.1, 0.15) is 10.5 Å². The molecule has 4 aromatic rings. The zero-order chi connectivity index (χ0) is 22.1. The normalized spacial score (nSPS) is 16.3. The van der Waals surface area contributed by atoms with Crippen LogP contribution in [0.15, 0.2) is 70.8 Å². The first kappa shape index (κ1) is 20.4. The second-order valence-electron chi connectivity index (χ2n) is 7.80. The Labute approximate surface area is 187 Å². The summed E-state index contributed by atoms with van der Waals surface area (Å²) >= 11 is 1.34. The Morgan fingerprint density at radius 1 is 1.09 bits per heavy atom. The van der Waals surface area contributed by atoms with E-state index in [1.807, 2.05) is 46.7 Å². The fourth-order valence-corrected chi connectivity index (χ4v) is 4.83. The molecule has 32 heavy (non-hydrogen) atoms. The molecular weight excluding hydrogens is 427 g/mol. The van der Waals surface area contributed by atoms with E-state index in [1.54, 1.807) is 12.1 Å². The summed E-state index contributed by atoms with van der Waals surface area (Å²) in [5, 5.41) is 4.82. The predicted molar refractivity (Wildman–Crippen MR) is 125 cm³/mol. The summed E-state index contributed by atoms with van der Waals surface area (Å²) in [5.41, 5.74) is 1.74. The van der Waals surface area contributed by atoms with Gasteiger partial charge in [0.15, 0.2) is 0 Å². The molecule has 0 bridgehead atoms. The Morgan fingerprint density at radius 2 is 1.88 bits per heavy atom. The van der Waals surface area contributed by atoms with Crippen molar-refractivity contribution in [2.24, 2.45) is 5.92 Å². The number of benzene rings is 2. The molecule has 1 aliphatic rings. The molecule has 1 N–H and O–H groups in total. The fraction of sp³-hybridized carbons (Fsp3) is 0.208. The lowest BCUT2D eigenvalue weighted by atomic mass is 9.97. The predicted octanol–water partition coefficient (Wildman–Crippen LogP) is 4.44. The van der Waals surface area contributed by atoms with Gasteiger partial charge in [-0.2, -0.15) is 0 Å². The third-order valence-corrected chi connectivity index (χ3v) is 6.56. The second kappa shape index (κ2) is 8.55. The minimum absolute atomic E-state index is 0.0480. The van der Waals surface area contributed by atoms with Crippen LogP contribution in [0.1, 0.15) is 12.8 Å². The number of para-hydroxylation sites is 1. The zero-order valence-corrected chi connectivity index (χ0v) is 18.0. The van der Waals surface area contributed by atoms with Gasteiger partial charge in [0.2, 0.25) is 11.9 Å². The van der Waals surface area contributed by atoms with Crippen molar-refractivity contribution in [2.75, 3.05) is 23.3 Å². The van der Waals surface area contributed by atoms with Gasteiger partial charge in [-0.1, -0.05) is 18.2 Å². The smallest absolute Gasteiger partial charge is 0.277 e. The second-order valence-corrected chi connectivity index (χ2v) is 8.72. The molecule has 0 radical (unpaired) electrons. The lowest BCUT2D eigenvalue weighted by molar-refractivity contribution is -0.120. The summed E-state index contributed by atoms with van der Waals surface area (Å²) in [5.74, 6) is -0.178. The molecule has 5 rings (SSSR count). The Morgan fingerprint density at radius 3 is 2.66 bits per heavy atom. The number of anilines is 2. The molecule has 6 nitrogen and oxygen atoms in total. The number of halogens is 1. The van der Waals surface area contributed by atoms with Gasteiger partial charge in [0.05, 0.1) is 17.1 Å². The largest absolute Gasteiger partial charge is 0.341 e. The molecule has 1 aliphatic heterocycles. The van der Waals surface area contributed by atoms with Gasteiger partial charge in [-0.25, -0.2) is 13.9 Å². The van der Waals surface area contributed by atoms with Crippen LogP contribution in [-0.4, -0.2) is 28.5 Å². The first-order valence-electron chi connectivity index (χ1n) is 10.5. The minimum atomic E-state index is -0.371. The van der Waals surface area contributed by atoms with Crippen LogP contribution in [-0.2, 0) is 4.79 Å². The average molecular weight is 449 g/mol. The molecule has 162 valence electrons. The number of hydrogen-bond acceptors (Lipinski definition) is 5. The van der Waals surface area contributed by atoms with E-state index in [0.717, 1.165) is 18.5 Å². The standard InChI is InChI=1S/C24H21FN4O2S/c25-17-8-10-19(11-9-17)29-23(31)21-20(12-14-32-21)27-24(29)28-13-4-5-16(15-28)22(30)26-18-6-2-1-3-7-18/h1-3,6-12,14,16H,4-5,13,15H2,(H,26,30). The highest BCUT2D eigenvalue weighted by molar-refractivity contribution is 7.17. The summed E-state index contributed by atoms with van der Waals surface area (Å²) in [6, 6.07) is 17.0. The van der Waals surface area contributed by atoms with E-state index in [-0.39, 0.29) is 23.2 Å². The zero-order valence-electron chi connectivity index (χ0n) is 17.2. The molecule has 2 aromatic carbocycles. The number of aromatic nitrogens is 2. The van der Waals surface area contributed by atoms with E-state index in [9.17, 15) is 14.0 Å². The van der Waals surface area contributed by atoms with Gasteiger partial charge in [-0.15, -0.1) is 11.3 Å². The highest BCUT2D eigenvalue weighted by Crippen LogP contribution is 2.27. The fourth-order valence-electron chi connectivity index (χ4n) is 4.07. The molecule has 1 saturated heterocycles. The van der Waals surface area contributed by atoms with Crippen LogP contribution in [0.2, 0.25) is 0 Å². The lowest BCUT2D eigenvalue weighted by Gasteiger charge is -2.34. The number of rotatable bonds is 4. The lowest BCUT2D eigenvalue weighted by Crippen LogP contribution is -2.43. The van der Waals surface area contributed by atoms with Crippen molar-refractivity contribution in [1.82, 2.24) is 9.55 Å².